The SMILES string of the molecule is CC(C)(O)CN1Cc2nc(C(F)(F)F)ccc2-c2cnc(NCc3c(F)ccc4c3CCO4)n3cnc(c23)C1=O. The van der Waals surface area contributed by atoms with Crippen LogP contribution in [0.2, 0.25) is 0 Å². The fourth-order valence-electron chi connectivity index (χ4n) is 5.20. The van der Waals surface area contributed by atoms with E-state index in [1.165, 1.54) is 47.8 Å². The summed E-state index contributed by atoms with van der Waals surface area (Å²) in [6.45, 7) is 3.06. The molecule has 0 unspecified atom stereocenters. The van der Waals surface area contributed by atoms with E-state index >= 15 is 0 Å². The zero-order chi connectivity index (χ0) is 28.4. The molecule has 6 rings (SSSR count). The Bertz CT molecular complexity index is 1660. The summed E-state index contributed by atoms with van der Waals surface area (Å²) in [6, 6.07) is 5.10. The van der Waals surface area contributed by atoms with Crippen molar-refractivity contribution < 1.29 is 32.2 Å². The number of anilines is 1. The van der Waals surface area contributed by atoms with Crippen LogP contribution in [0.4, 0.5) is 23.5 Å². The quantitative estimate of drug-likeness (QED) is 0.355. The molecule has 0 saturated carbocycles. The summed E-state index contributed by atoms with van der Waals surface area (Å²) in [5.74, 6) is -0.115. The Morgan fingerprint density at radius 2 is 1.93 bits per heavy atom. The minimum atomic E-state index is -4.69. The fourth-order valence-corrected chi connectivity index (χ4v) is 5.20. The first kappa shape index (κ1) is 26.0. The standard InChI is InChI=1S/C27H24F4N6O3/c1-26(2,39)12-36-11-19-14(3-6-21(35-19)27(29,30)31)17-10-33-25(37-13-34-22(23(17)37)24(36)38)32-9-16-15-7-8-40-20(15)5-4-18(16)28/h3-6,10,13,39H,7-9,11-12H2,1-2H3,(H,32,33). The maximum absolute atomic E-state index is 14.7. The van der Waals surface area contributed by atoms with E-state index in [0.717, 1.165) is 11.6 Å². The molecule has 0 atom stereocenters. The largest absolute Gasteiger partial charge is 0.493 e. The van der Waals surface area contributed by atoms with Gasteiger partial charge in [-0.2, -0.15) is 13.2 Å². The van der Waals surface area contributed by atoms with Crippen LogP contribution in [-0.4, -0.2) is 54.0 Å². The summed E-state index contributed by atoms with van der Waals surface area (Å²) < 4.78 is 62.4. The van der Waals surface area contributed by atoms with Gasteiger partial charge in [0.25, 0.3) is 5.91 Å². The Balaban J connectivity index is 1.48. The molecule has 0 radical (unpaired) electrons. The lowest BCUT2D eigenvalue weighted by Crippen LogP contribution is -2.42. The second-order valence-corrected chi connectivity index (χ2v) is 10.4. The van der Waals surface area contributed by atoms with E-state index in [-0.39, 0.29) is 37.0 Å². The van der Waals surface area contributed by atoms with Gasteiger partial charge in [0.05, 0.1) is 30.0 Å². The highest BCUT2D eigenvalue weighted by Crippen LogP contribution is 2.37. The van der Waals surface area contributed by atoms with Crippen molar-refractivity contribution in [3.8, 4) is 16.9 Å². The molecular formula is C27H24F4N6O3. The molecule has 4 aromatic rings. The van der Waals surface area contributed by atoms with E-state index < -0.39 is 29.2 Å². The molecule has 5 heterocycles. The van der Waals surface area contributed by atoms with Gasteiger partial charge >= 0.3 is 6.18 Å². The molecule has 0 spiro atoms. The minimum Gasteiger partial charge on any atom is -0.493 e. The van der Waals surface area contributed by atoms with Gasteiger partial charge in [-0.15, -0.1) is 0 Å². The molecule has 0 saturated heterocycles. The monoisotopic (exact) mass is 556 g/mol. The highest BCUT2D eigenvalue weighted by molar-refractivity contribution is 6.04. The molecule has 208 valence electrons. The lowest BCUT2D eigenvalue weighted by Gasteiger charge is -2.30. The number of ether oxygens (including phenoxy) is 1. The zero-order valence-corrected chi connectivity index (χ0v) is 21.5. The maximum Gasteiger partial charge on any atom is 0.433 e. The third-order valence-corrected chi connectivity index (χ3v) is 6.89. The molecule has 0 aliphatic carbocycles. The van der Waals surface area contributed by atoms with Crippen molar-refractivity contribution >= 4 is 17.4 Å². The number of benzene rings is 1. The molecule has 9 nitrogen and oxygen atoms in total. The Morgan fingerprint density at radius 3 is 2.67 bits per heavy atom. The molecule has 1 aromatic carbocycles. The molecular weight excluding hydrogens is 532 g/mol. The Hall–Kier alpha value is -4.26. The number of aromatic nitrogens is 4. The van der Waals surface area contributed by atoms with Gasteiger partial charge in [0.15, 0.2) is 5.69 Å². The zero-order valence-electron chi connectivity index (χ0n) is 21.5. The first-order chi connectivity index (χ1) is 18.9. The summed E-state index contributed by atoms with van der Waals surface area (Å²) in [6.07, 6.45) is -1.31. The molecule has 2 aliphatic rings. The molecule has 13 heteroatoms. The molecule has 40 heavy (non-hydrogen) atoms. The minimum absolute atomic E-state index is 0.00519. The average Bonchev–Trinajstić information content (AvgIpc) is 3.53. The van der Waals surface area contributed by atoms with E-state index in [2.05, 4.69) is 20.3 Å². The van der Waals surface area contributed by atoms with Crippen molar-refractivity contribution in [2.24, 2.45) is 0 Å². The number of alkyl halides is 3. The number of halogens is 4. The van der Waals surface area contributed by atoms with Gasteiger partial charge in [0.2, 0.25) is 5.95 Å². The van der Waals surface area contributed by atoms with Crippen LogP contribution in [0, 0.1) is 5.82 Å². The smallest absolute Gasteiger partial charge is 0.433 e. The average molecular weight is 557 g/mol. The Labute approximate surface area is 225 Å². The summed E-state index contributed by atoms with van der Waals surface area (Å²) in [5, 5.41) is 13.6. The summed E-state index contributed by atoms with van der Waals surface area (Å²) >= 11 is 0. The highest BCUT2D eigenvalue weighted by atomic mass is 19.4. The highest BCUT2D eigenvalue weighted by Gasteiger charge is 2.36. The van der Waals surface area contributed by atoms with Crippen LogP contribution in [0.25, 0.3) is 16.6 Å². The second kappa shape index (κ2) is 9.15. The fraction of sp³-hybridized carbons (Fsp3) is 0.333. The third-order valence-electron chi connectivity index (χ3n) is 6.89. The van der Waals surface area contributed by atoms with Gasteiger partial charge in [-0.05, 0) is 32.0 Å². The van der Waals surface area contributed by atoms with Crippen molar-refractivity contribution in [2.45, 2.75) is 45.1 Å². The van der Waals surface area contributed by atoms with E-state index in [4.69, 9.17) is 4.74 Å². The van der Waals surface area contributed by atoms with Crippen LogP contribution < -0.4 is 10.1 Å². The van der Waals surface area contributed by atoms with Gasteiger partial charge in [-0.25, -0.2) is 19.3 Å². The number of amides is 1. The number of aliphatic hydroxyl groups is 1. The number of rotatable bonds is 5. The van der Waals surface area contributed by atoms with E-state index in [0.29, 0.717) is 41.0 Å². The van der Waals surface area contributed by atoms with Crippen LogP contribution in [0.5, 0.6) is 5.75 Å². The van der Waals surface area contributed by atoms with Crippen molar-refractivity contribution in [2.75, 3.05) is 18.5 Å². The third kappa shape index (κ3) is 4.49. The lowest BCUT2D eigenvalue weighted by atomic mass is 9.99. The number of nitrogens with zero attached hydrogens (tertiary/aromatic N) is 5. The molecule has 2 aliphatic heterocycles. The number of hydrogen-bond donors (Lipinski definition) is 2. The normalized spacial score (nSPS) is 15.0. The topological polar surface area (TPSA) is 105 Å². The number of carbonyl (C=O) groups is 1. The van der Waals surface area contributed by atoms with E-state index in [1.54, 1.807) is 6.07 Å². The van der Waals surface area contributed by atoms with Crippen molar-refractivity contribution in [3.63, 3.8) is 0 Å². The number of imidazole rings is 1. The maximum atomic E-state index is 14.7. The number of carbonyl (C=O) groups excluding carboxylic acids is 1. The predicted molar refractivity (Wildman–Crippen MR) is 135 cm³/mol. The molecule has 1 amide bonds. The van der Waals surface area contributed by atoms with Crippen molar-refractivity contribution in [3.05, 3.63) is 70.8 Å². The predicted octanol–water partition coefficient (Wildman–Crippen LogP) is 4.22. The molecule has 2 N–H and O–H groups in total. The van der Waals surface area contributed by atoms with Crippen LogP contribution in [0.1, 0.15) is 46.9 Å². The first-order valence-corrected chi connectivity index (χ1v) is 12.5. The summed E-state index contributed by atoms with van der Waals surface area (Å²) in [4.78, 5) is 27.5. The van der Waals surface area contributed by atoms with Gasteiger partial charge < -0.3 is 20.1 Å². The molecule has 0 bridgehead atoms. The number of hydrogen-bond acceptors (Lipinski definition) is 7. The molecule has 0 fully saturated rings. The number of nitrogens with one attached hydrogen (secondary N) is 1. The van der Waals surface area contributed by atoms with E-state index in [1.807, 2.05) is 0 Å². The second-order valence-electron chi connectivity index (χ2n) is 10.4. The van der Waals surface area contributed by atoms with Gasteiger partial charge in [0, 0.05) is 48.0 Å². The first-order valence-electron chi connectivity index (χ1n) is 12.5. The molecule has 3 aromatic heterocycles. The number of fused-ring (bicyclic) bond motifs is 3. The number of β-amino-alcohol motifs (C(OH)–C–C–N with tert-alkyl or cyclic N) is 1. The number of pyridine rings is 1. The van der Waals surface area contributed by atoms with Gasteiger partial charge in [-0.3, -0.25) is 9.20 Å². The Morgan fingerprint density at radius 1 is 1.12 bits per heavy atom. The van der Waals surface area contributed by atoms with Gasteiger partial charge in [-0.1, -0.05) is 6.07 Å². The van der Waals surface area contributed by atoms with Crippen LogP contribution >= 0.6 is 0 Å². The summed E-state index contributed by atoms with van der Waals surface area (Å²) in [5.41, 5.74) is -0.195. The summed E-state index contributed by atoms with van der Waals surface area (Å²) in [7, 11) is 0. The van der Waals surface area contributed by atoms with E-state index in [9.17, 15) is 27.5 Å². The van der Waals surface area contributed by atoms with Crippen molar-refractivity contribution in [1.82, 2.24) is 24.3 Å². The van der Waals surface area contributed by atoms with Crippen LogP contribution in [0.15, 0.2) is 36.8 Å². The van der Waals surface area contributed by atoms with Crippen LogP contribution in [-0.2, 0) is 25.7 Å². The van der Waals surface area contributed by atoms with Gasteiger partial charge in [0.1, 0.15) is 23.6 Å². The Kier molecular flexibility index (Phi) is 5.95. The lowest BCUT2D eigenvalue weighted by molar-refractivity contribution is -0.141. The van der Waals surface area contributed by atoms with Crippen molar-refractivity contribution in [1.29, 1.82) is 0 Å². The van der Waals surface area contributed by atoms with Crippen LogP contribution in [0.3, 0.4) is 0 Å².